The molecule has 1 amide bonds. The number of hydrogen-bond donors (Lipinski definition) is 0. The number of carbonyl (C=O) groups excluding carboxylic acids is 1. The van der Waals surface area contributed by atoms with E-state index in [0.717, 1.165) is 11.4 Å². The molecule has 5 nitrogen and oxygen atoms in total. The number of aromatic nitrogens is 3. The van der Waals surface area contributed by atoms with Crippen molar-refractivity contribution in [2.24, 2.45) is 14.1 Å². The zero-order chi connectivity index (χ0) is 17.4. The molecule has 0 radical (unpaired) electrons. The van der Waals surface area contributed by atoms with E-state index in [1.165, 1.54) is 10.9 Å². The average molecular weight is 324 g/mol. The molecule has 126 valence electrons. The van der Waals surface area contributed by atoms with Crippen LogP contribution < -0.4 is 0 Å². The molecule has 0 aliphatic carbocycles. The Hall–Kier alpha value is -2.56. The summed E-state index contributed by atoms with van der Waals surface area (Å²) < 4.78 is 3.82. The van der Waals surface area contributed by atoms with Crippen molar-refractivity contribution in [3.8, 4) is 0 Å². The fraction of sp³-hybridized carbons (Fsp3) is 0.368. The number of fused-ring (bicyclic) bond motifs is 1. The number of benzene rings is 1. The van der Waals surface area contributed by atoms with Gasteiger partial charge >= 0.3 is 0 Å². The number of carbonyl (C=O) groups is 1. The zero-order valence-electron chi connectivity index (χ0n) is 14.9. The van der Waals surface area contributed by atoms with Gasteiger partial charge in [-0.15, -0.1) is 0 Å². The Balaban J connectivity index is 1.95. The first kappa shape index (κ1) is 16.3. The van der Waals surface area contributed by atoms with E-state index in [1.807, 2.05) is 50.9 Å². The second-order valence-electron chi connectivity index (χ2n) is 6.57. The van der Waals surface area contributed by atoms with Crippen LogP contribution in [0.1, 0.15) is 35.7 Å². The van der Waals surface area contributed by atoms with Crippen LogP contribution in [0.25, 0.3) is 10.9 Å². The minimum atomic E-state index is 0.0124. The van der Waals surface area contributed by atoms with E-state index in [4.69, 9.17) is 0 Å². The summed E-state index contributed by atoms with van der Waals surface area (Å²) in [5, 5.41) is 5.49. The van der Waals surface area contributed by atoms with E-state index in [0.29, 0.717) is 12.2 Å². The van der Waals surface area contributed by atoms with Crippen molar-refractivity contribution in [3.63, 3.8) is 0 Å². The lowest BCUT2D eigenvalue weighted by Crippen LogP contribution is -2.37. The predicted molar refractivity (Wildman–Crippen MR) is 95.9 cm³/mol. The molecule has 2 aromatic heterocycles. The average Bonchev–Trinajstić information content (AvgIpc) is 3.04. The number of nitrogens with zero attached hydrogens (tertiary/aromatic N) is 4. The molecule has 0 spiro atoms. The van der Waals surface area contributed by atoms with Crippen molar-refractivity contribution in [3.05, 3.63) is 53.5 Å². The van der Waals surface area contributed by atoms with Gasteiger partial charge in [0.2, 0.25) is 0 Å². The van der Waals surface area contributed by atoms with Crippen molar-refractivity contribution in [1.82, 2.24) is 19.2 Å². The molecule has 0 saturated carbocycles. The van der Waals surface area contributed by atoms with E-state index in [2.05, 4.69) is 34.9 Å². The largest absolute Gasteiger partial charge is 0.346 e. The minimum Gasteiger partial charge on any atom is -0.346 e. The predicted octanol–water partition coefficient (Wildman–Crippen LogP) is 3.27. The first-order chi connectivity index (χ1) is 11.4. The lowest BCUT2D eigenvalue weighted by molar-refractivity contribution is 0.0675. The van der Waals surface area contributed by atoms with E-state index in [-0.39, 0.29) is 11.9 Å². The Bertz CT molecular complexity index is 888. The van der Waals surface area contributed by atoms with Gasteiger partial charge in [-0.25, -0.2) is 0 Å². The van der Waals surface area contributed by atoms with Crippen LogP contribution in [0, 0.1) is 6.92 Å². The summed E-state index contributed by atoms with van der Waals surface area (Å²) in [5.41, 5.74) is 3.78. The third kappa shape index (κ3) is 2.82. The third-order valence-corrected chi connectivity index (χ3v) is 4.49. The highest BCUT2D eigenvalue weighted by Gasteiger charge is 2.23. The Morgan fingerprint density at radius 1 is 1.21 bits per heavy atom. The minimum absolute atomic E-state index is 0.0124. The Morgan fingerprint density at radius 2 is 1.92 bits per heavy atom. The van der Waals surface area contributed by atoms with Crippen LogP contribution in [0.2, 0.25) is 0 Å². The van der Waals surface area contributed by atoms with E-state index < -0.39 is 0 Å². The molecule has 2 heterocycles. The number of aryl methyl sites for hydroxylation is 3. The summed E-state index contributed by atoms with van der Waals surface area (Å²) >= 11 is 0. The molecule has 0 saturated heterocycles. The number of amides is 1. The summed E-state index contributed by atoms with van der Waals surface area (Å²) in [4.78, 5) is 14.9. The molecule has 0 unspecified atom stereocenters. The summed E-state index contributed by atoms with van der Waals surface area (Å²) in [6, 6.07) is 12.4. The Morgan fingerprint density at radius 3 is 2.50 bits per heavy atom. The molecule has 0 aliphatic heterocycles. The van der Waals surface area contributed by atoms with Crippen LogP contribution >= 0.6 is 0 Å². The van der Waals surface area contributed by atoms with Gasteiger partial charge in [-0.1, -0.05) is 18.2 Å². The summed E-state index contributed by atoms with van der Waals surface area (Å²) in [6.45, 7) is 6.57. The van der Waals surface area contributed by atoms with Gasteiger partial charge in [0.15, 0.2) is 0 Å². The highest BCUT2D eigenvalue weighted by molar-refractivity contribution is 5.93. The number of rotatable bonds is 4. The summed E-state index contributed by atoms with van der Waals surface area (Å²) in [7, 11) is 3.87. The normalized spacial score (nSPS) is 11.4. The monoisotopic (exact) mass is 324 g/mol. The van der Waals surface area contributed by atoms with Gasteiger partial charge in [-0.3, -0.25) is 9.48 Å². The van der Waals surface area contributed by atoms with E-state index in [9.17, 15) is 4.79 Å². The van der Waals surface area contributed by atoms with Crippen LogP contribution in [-0.2, 0) is 20.6 Å². The molecule has 0 bridgehead atoms. The smallest absolute Gasteiger partial charge is 0.272 e. The molecule has 0 atom stereocenters. The van der Waals surface area contributed by atoms with Crippen LogP contribution in [-0.4, -0.2) is 31.2 Å². The first-order valence-corrected chi connectivity index (χ1v) is 8.23. The third-order valence-electron chi connectivity index (χ3n) is 4.49. The highest BCUT2D eigenvalue weighted by Crippen LogP contribution is 2.21. The van der Waals surface area contributed by atoms with Crippen molar-refractivity contribution >= 4 is 16.8 Å². The van der Waals surface area contributed by atoms with Gasteiger partial charge in [0.05, 0.1) is 12.2 Å². The topological polar surface area (TPSA) is 43.1 Å². The van der Waals surface area contributed by atoms with E-state index in [1.54, 1.807) is 4.68 Å². The zero-order valence-corrected chi connectivity index (χ0v) is 14.9. The lowest BCUT2D eigenvalue weighted by atomic mass is 10.2. The molecule has 0 fully saturated rings. The van der Waals surface area contributed by atoms with Crippen molar-refractivity contribution in [1.29, 1.82) is 0 Å². The highest BCUT2D eigenvalue weighted by atomic mass is 16.2. The number of para-hydroxylation sites is 1. The second kappa shape index (κ2) is 6.15. The molecule has 0 N–H and O–H groups in total. The van der Waals surface area contributed by atoms with Crippen LogP contribution in [0.5, 0.6) is 0 Å². The van der Waals surface area contributed by atoms with Crippen LogP contribution in [0.3, 0.4) is 0 Å². The van der Waals surface area contributed by atoms with Gasteiger partial charge < -0.3 is 9.47 Å². The SMILES string of the molecule is Cc1cc(C(=O)N(Cc2cc3ccccc3n2C)C(C)C)n(C)n1. The molecule has 24 heavy (non-hydrogen) atoms. The fourth-order valence-corrected chi connectivity index (χ4v) is 3.12. The van der Waals surface area contributed by atoms with Gasteiger partial charge in [0, 0.05) is 31.3 Å². The van der Waals surface area contributed by atoms with Crippen LogP contribution in [0.4, 0.5) is 0 Å². The molecule has 3 aromatic rings. The van der Waals surface area contributed by atoms with Crippen LogP contribution in [0.15, 0.2) is 36.4 Å². The second-order valence-corrected chi connectivity index (χ2v) is 6.57. The fourth-order valence-electron chi connectivity index (χ4n) is 3.12. The van der Waals surface area contributed by atoms with Gasteiger partial charge in [-0.2, -0.15) is 5.10 Å². The molecule has 5 heteroatoms. The first-order valence-electron chi connectivity index (χ1n) is 8.23. The summed E-state index contributed by atoms with van der Waals surface area (Å²) in [6.07, 6.45) is 0. The van der Waals surface area contributed by atoms with Gasteiger partial charge in [-0.05, 0) is 44.4 Å². The maximum atomic E-state index is 13.0. The molecular weight excluding hydrogens is 300 g/mol. The number of hydrogen-bond acceptors (Lipinski definition) is 2. The van der Waals surface area contributed by atoms with Gasteiger partial charge in [0.1, 0.15) is 5.69 Å². The maximum Gasteiger partial charge on any atom is 0.272 e. The maximum absolute atomic E-state index is 13.0. The Labute approximate surface area is 142 Å². The molecule has 3 rings (SSSR count). The molecule has 0 aliphatic rings. The summed E-state index contributed by atoms with van der Waals surface area (Å²) in [5.74, 6) is 0.0124. The van der Waals surface area contributed by atoms with Gasteiger partial charge in [0.25, 0.3) is 5.91 Å². The van der Waals surface area contributed by atoms with Crippen molar-refractivity contribution < 1.29 is 4.79 Å². The molecule has 1 aromatic carbocycles. The van der Waals surface area contributed by atoms with Crippen molar-refractivity contribution in [2.45, 2.75) is 33.4 Å². The van der Waals surface area contributed by atoms with Crippen molar-refractivity contribution in [2.75, 3.05) is 0 Å². The quantitative estimate of drug-likeness (QED) is 0.739. The van der Waals surface area contributed by atoms with E-state index >= 15 is 0 Å². The molecular formula is C19H24N4O. The Kier molecular flexibility index (Phi) is 4.18. The standard InChI is InChI=1S/C19H24N4O/c1-13(2)23(19(24)18-10-14(3)20-22(18)5)12-16-11-15-8-6-7-9-17(15)21(16)4/h6-11,13H,12H2,1-5H3. The lowest BCUT2D eigenvalue weighted by Gasteiger charge is -2.27.